The predicted molar refractivity (Wildman–Crippen MR) is 79.3 cm³/mol. The fourth-order valence-electron chi connectivity index (χ4n) is 2.53. The highest BCUT2D eigenvalue weighted by atomic mass is 32.2. The van der Waals surface area contributed by atoms with Crippen molar-refractivity contribution in [3.63, 3.8) is 0 Å². The zero-order valence-corrected chi connectivity index (χ0v) is 12.5. The zero-order chi connectivity index (χ0) is 14.9. The third-order valence-corrected chi connectivity index (χ3v) is 4.85. The van der Waals surface area contributed by atoms with Gasteiger partial charge in [-0.25, -0.2) is 0 Å². The number of rotatable bonds is 4. The lowest BCUT2D eigenvalue weighted by atomic mass is 10.1. The van der Waals surface area contributed by atoms with Crippen LogP contribution in [-0.4, -0.2) is 15.5 Å². The monoisotopic (exact) mass is 304 g/mol. The Hall–Kier alpha value is -2.01. The van der Waals surface area contributed by atoms with Crippen LogP contribution in [0.3, 0.4) is 0 Å². The largest absolute Gasteiger partial charge is 0.497 e. The number of benzene rings is 2. The summed E-state index contributed by atoms with van der Waals surface area (Å²) in [6, 6.07) is 11.8. The van der Waals surface area contributed by atoms with Gasteiger partial charge in [0.2, 0.25) is 0 Å². The van der Waals surface area contributed by atoms with Gasteiger partial charge in [0.1, 0.15) is 16.4 Å². The van der Waals surface area contributed by atoms with Gasteiger partial charge < -0.3 is 8.92 Å². The van der Waals surface area contributed by atoms with Crippen LogP contribution in [-0.2, 0) is 23.0 Å². The Labute approximate surface area is 124 Å². The number of ether oxygens (including phenoxy) is 1. The molecule has 0 saturated carbocycles. The molecule has 5 heteroatoms. The van der Waals surface area contributed by atoms with E-state index in [1.807, 2.05) is 6.07 Å². The maximum Gasteiger partial charge on any atom is 0.339 e. The Balaban J connectivity index is 1.89. The van der Waals surface area contributed by atoms with Crippen molar-refractivity contribution in [3.05, 3.63) is 53.6 Å². The van der Waals surface area contributed by atoms with Gasteiger partial charge in [-0.2, -0.15) is 8.42 Å². The highest BCUT2D eigenvalue weighted by Gasteiger charge is 2.20. The summed E-state index contributed by atoms with van der Waals surface area (Å²) in [6.45, 7) is 0. The van der Waals surface area contributed by atoms with Crippen LogP contribution in [0.2, 0.25) is 0 Å². The van der Waals surface area contributed by atoms with Crippen molar-refractivity contribution in [1.82, 2.24) is 0 Å². The summed E-state index contributed by atoms with van der Waals surface area (Å²) in [5.41, 5.74) is 2.33. The van der Waals surface area contributed by atoms with Gasteiger partial charge in [-0.15, -0.1) is 0 Å². The van der Waals surface area contributed by atoms with Gasteiger partial charge in [-0.05, 0) is 54.7 Å². The molecule has 0 unspecified atom stereocenters. The Bertz CT molecular complexity index is 766. The van der Waals surface area contributed by atoms with Crippen molar-refractivity contribution in [1.29, 1.82) is 0 Å². The minimum Gasteiger partial charge on any atom is -0.497 e. The van der Waals surface area contributed by atoms with Crippen LogP contribution in [0.5, 0.6) is 11.5 Å². The molecule has 0 radical (unpaired) electrons. The SMILES string of the molecule is COc1cccc(OS(=O)(=O)c2ccc3c(c2)CCC3)c1. The van der Waals surface area contributed by atoms with E-state index >= 15 is 0 Å². The molecule has 0 aliphatic heterocycles. The molecule has 3 rings (SSSR count). The summed E-state index contributed by atoms with van der Waals surface area (Å²) >= 11 is 0. The normalized spacial score (nSPS) is 13.8. The fraction of sp³-hybridized carbons (Fsp3) is 0.250. The van der Waals surface area contributed by atoms with Gasteiger partial charge in [-0.3, -0.25) is 0 Å². The molecule has 0 N–H and O–H groups in total. The van der Waals surface area contributed by atoms with E-state index in [-0.39, 0.29) is 10.6 Å². The van der Waals surface area contributed by atoms with Crippen molar-refractivity contribution in [3.8, 4) is 11.5 Å². The second-order valence-electron chi connectivity index (χ2n) is 5.00. The Morgan fingerprint density at radius 1 is 0.952 bits per heavy atom. The summed E-state index contributed by atoms with van der Waals surface area (Å²) in [6.07, 6.45) is 3.03. The third-order valence-electron chi connectivity index (χ3n) is 3.61. The third kappa shape index (κ3) is 2.88. The standard InChI is InChI=1S/C16H16O4S/c1-19-14-6-3-7-15(11-14)20-21(17,18)16-9-8-12-4-2-5-13(12)10-16/h3,6-11H,2,4-5H2,1H3. The first-order valence-corrected chi connectivity index (χ1v) is 8.20. The first kappa shape index (κ1) is 13.9. The topological polar surface area (TPSA) is 52.6 Å². The molecule has 21 heavy (non-hydrogen) atoms. The zero-order valence-electron chi connectivity index (χ0n) is 11.7. The second-order valence-corrected chi connectivity index (χ2v) is 6.55. The Kier molecular flexibility index (Phi) is 3.59. The van der Waals surface area contributed by atoms with Crippen molar-refractivity contribution in [2.45, 2.75) is 24.2 Å². The fourth-order valence-corrected chi connectivity index (χ4v) is 3.51. The number of hydrogen-bond donors (Lipinski definition) is 0. The van der Waals surface area contributed by atoms with E-state index in [2.05, 4.69) is 0 Å². The highest BCUT2D eigenvalue weighted by molar-refractivity contribution is 7.87. The van der Waals surface area contributed by atoms with Crippen LogP contribution in [0.4, 0.5) is 0 Å². The molecular weight excluding hydrogens is 288 g/mol. The van der Waals surface area contributed by atoms with Gasteiger partial charge in [0.05, 0.1) is 7.11 Å². The van der Waals surface area contributed by atoms with Gasteiger partial charge in [-0.1, -0.05) is 12.1 Å². The van der Waals surface area contributed by atoms with Crippen molar-refractivity contribution < 1.29 is 17.3 Å². The van der Waals surface area contributed by atoms with Crippen LogP contribution >= 0.6 is 0 Å². The maximum atomic E-state index is 12.3. The minimum atomic E-state index is -3.82. The lowest BCUT2D eigenvalue weighted by Gasteiger charge is -2.09. The molecule has 2 aromatic carbocycles. The molecule has 2 aromatic rings. The van der Waals surface area contributed by atoms with Gasteiger partial charge >= 0.3 is 10.1 Å². The predicted octanol–water partition coefficient (Wildman–Crippen LogP) is 2.95. The van der Waals surface area contributed by atoms with E-state index in [4.69, 9.17) is 8.92 Å². The first-order chi connectivity index (χ1) is 10.1. The van der Waals surface area contributed by atoms with Crippen LogP contribution in [0.25, 0.3) is 0 Å². The second kappa shape index (κ2) is 5.41. The van der Waals surface area contributed by atoms with E-state index in [0.717, 1.165) is 24.8 Å². The summed E-state index contributed by atoms with van der Waals surface area (Å²) < 4.78 is 34.9. The number of methoxy groups -OCH3 is 1. The summed E-state index contributed by atoms with van der Waals surface area (Å²) in [5, 5.41) is 0. The molecule has 0 fully saturated rings. The van der Waals surface area contributed by atoms with E-state index in [1.165, 1.54) is 12.7 Å². The van der Waals surface area contributed by atoms with Gasteiger partial charge in [0.25, 0.3) is 0 Å². The molecule has 0 spiro atoms. The first-order valence-electron chi connectivity index (χ1n) is 6.79. The summed E-state index contributed by atoms with van der Waals surface area (Å²) in [5.74, 6) is 0.798. The van der Waals surface area contributed by atoms with E-state index < -0.39 is 10.1 Å². The van der Waals surface area contributed by atoms with Gasteiger partial charge in [0.15, 0.2) is 0 Å². The average Bonchev–Trinajstić information content (AvgIpc) is 2.94. The smallest absolute Gasteiger partial charge is 0.339 e. The van der Waals surface area contributed by atoms with Crippen molar-refractivity contribution >= 4 is 10.1 Å². The summed E-state index contributed by atoms with van der Waals surface area (Å²) in [4.78, 5) is 0.200. The quantitative estimate of drug-likeness (QED) is 0.815. The molecular formula is C16H16O4S. The summed E-state index contributed by atoms with van der Waals surface area (Å²) in [7, 11) is -2.29. The number of fused-ring (bicyclic) bond motifs is 1. The molecule has 0 aromatic heterocycles. The Morgan fingerprint density at radius 2 is 1.71 bits per heavy atom. The molecule has 4 nitrogen and oxygen atoms in total. The highest BCUT2D eigenvalue weighted by Crippen LogP contribution is 2.27. The molecule has 1 aliphatic carbocycles. The minimum absolute atomic E-state index is 0.200. The van der Waals surface area contributed by atoms with Crippen molar-refractivity contribution in [2.24, 2.45) is 0 Å². The number of hydrogen-bond acceptors (Lipinski definition) is 4. The van der Waals surface area contributed by atoms with Crippen LogP contribution in [0, 0.1) is 0 Å². The number of aryl methyl sites for hydroxylation is 2. The van der Waals surface area contributed by atoms with Crippen molar-refractivity contribution in [2.75, 3.05) is 7.11 Å². The molecule has 0 saturated heterocycles. The molecule has 1 aliphatic rings. The van der Waals surface area contributed by atoms with Crippen LogP contribution < -0.4 is 8.92 Å². The molecule has 0 heterocycles. The van der Waals surface area contributed by atoms with E-state index in [1.54, 1.807) is 36.4 Å². The van der Waals surface area contributed by atoms with Gasteiger partial charge in [0, 0.05) is 6.07 Å². The molecule has 0 amide bonds. The lowest BCUT2D eigenvalue weighted by Crippen LogP contribution is -2.10. The van der Waals surface area contributed by atoms with Crippen LogP contribution in [0.15, 0.2) is 47.4 Å². The molecule has 0 bridgehead atoms. The molecule has 110 valence electrons. The maximum absolute atomic E-state index is 12.3. The Morgan fingerprint density at radius 3 is 2.52 bits per heavy atom. The lowest BCUT2D eigenvalue weighted by molar-refractivity contribution is 0.411. The van der Waals surface area contributed by atoms with E-state index in [0.29, 0.717) is 5.75 Å². The average molecular weight is 304 g/mol. The van der Waals surface area contributed by atoms with E-state index in [9.17, 15) is 8.42 Å². The van der Waals surface area contributed by atoms with Crippen LogP contribution in [0.1, 0.15) is 17.5 Å². The molecule has 0 atom stereocenters.